The summed E-state index contributed by atoms with van der Waals surface area (Å²) in [6.07, 6.45) is 1.80. The average molecular weight is 368 g/mol. The van der Waals surface area contributed by atoms with Crippen LogP contribution in [-0.4, -0.2) is 36.9 Å². The number of aromatic amines is 1. The lowest BCUT2D eigenvalue weighted by Crippen LogP contribution is -2.18. The van der Waals surface area contributed by atoms with Crippen molar-refractivity contribution in [1.29, 1.82) is 0 Å². The minimum atomic E-state index is -0.379. The first-order valence-electron chi connectivity index (χ1n) is 9.54. The summed E-state index contributed by atoms with van der Waals surface area (Å²) in [7, 11) is 4.01. The Labute approximate surface area is 160 Å². The monoisotopic (exact) mass is 368 g/mol. The molecule has 1 aromatic carbocycles. The minimum Gasteiger partial charge on any atom is -0.458 e. The summed E-state index contributed by atoms with van der Waals surface area (Å²) in [6.45, 7) is 5.67. The van der Waals surface area contributed by atoms with Gasteiger partial charge in [0, 0.05) is 37.5 Å². The van der Waals surface area contributed by atoms with Crippen LogP contribution < -0.4 is 4.90 Å². The molecule has 2 atom stereocenters. The molecule has 0 radical (unpaired) electrons. The van der Waals surface area contributed by atoms with Gasteiger partial charge in [-0.3, -0.25) is 4.79 Å². The Hall–Kier alpha value is -2.56. The second-order valence-corrected chi connectivity index (χ2v) is 7.62. The Morgan fingerprint density at radius 2 is 1.93 bits per heavy atom. The molecule has 5 heteroatoms. The van der Waals surface area contributed by atoms with Crippen LogP contribution in [0.2, 0.25) is 0 Å². The van der Waals surface area contributed by atoms with Crippen molar-refractivity contribution in [3.63, 3.8) is 0 Å². The van der Waals surface area contributed by atoms with Crippen molar-refractivity contribution in [2.24, 2.45) is 0 Å². The molecule has 0 amide bonds. The van der Waals surface area contributed by atoms with E-state index in [4.69, 9.17) is 4.74 Å². The number of Topliss-reactive ketones (excluding diaryl/α,β-unsaturated/α-hetero) is 1. The number of benzene rings is 1. The molecule has 0 aliphatic heterocycles. The molecule has 5 nitrogen and oxygen atoms in total. The van der Waals surface area contributed by atoms with E-state index in [0.29, 0.717) is 23.2 Å². The Morgan fingerprint density at radius 1 is 1.26 bits per heavy atom. The quantitative estimate of drug-likeness (QED) is 0.801. The summed E-state index contributed by atoms with van der Waals surface area (Å²) < 4.78 is 5.44. The van der Waals surface area contributed by atoms with Gasteiger partial charge in [0.2, 0.25) is 0 Å². The Morgan fingerprint density at radius 3 is 2.52 bits per heavy atom. The van der Waals surface area contributed by atoms with Gasteiger partial charge in [-0.25, -0.2) is 4.79 Å². The first-order valence-corrected chi connectivity index (χ1v) is 9.54. The van der Waals surface area contributed by atoms with E-state index in [9.17, 15) is 9.59 Å². The number of carbonyl (C=O) groups excluding carboxylic acids is 2. The number of ether oxygens (including phenoxy) is 1. The number of ketones is 1. The number of hydrogen-bond donors (Lipinski definition) is 1. The molecule has 1 aromatic heterocycles. The van der Waals surface area contributed by atoms with Gasteiger partial charge in [-0.05, 0) is 55.9 Å². The number of rotatable bonds is 5. The van der Waals surface area contributed by atoms with Gasteiger partial charge in [-0.2, -0.15) is 0 Å². The lowest BCUT2D eigenvalue weighted by atomic mass is 9.81. The first-order chi connectivity index (χ1) is 12.8. The van der Waals surface area contributed by atoms with E-state index in [-0.39, 0.29) is 23.8 Å². The molecule has 1 aliphatic carbocycles. The van der Waals surface area contributed by atoms with Crippen molar-refractivity contribution >= 4 is 17.4 Å². The fourth-order valence-corrected chi connectivity index (χ4v) is 3.64. The lowest BCUT2D eigenvalue weighted by molar-refractivity contribution is 0.0327. The molecule has 2 aromatic rings. The zero-order valence-electron chi connectivity index (χ0n) is 16.8. The molecule has 0 saturated carbocycles. The fraction of sp³-hybridized carbons (Fsp3) is 0.455. The molecule has 0 bridgehead atoms. The summed E-state index contributed by atoms with van der Waals surface area (Å²) >= 11 is 0. The van der Waals surface area contributed by atoms with E-state index in [2.05, 4.69) is 34.1 Å². The number of anilines is 1. The predicted octanol–water partition coefficient (Wildman–Crippen LogP) is 4.26. The maximum absolute atomic E-state index is 12.8. The van der Waals surface area contributed by atoms with Crippen LogP contribution in [0.25, 0.3) is 0 Å². The second-order valence-electron chi connectivity index (χ2n) is 7.62. The number of H-pyrrole nitrogens is 1. The fourth-order valence-electron chi connectivity index (χ4n) is 3.64. The largest absolute Gasteiger partial charge is 0.458 e. The highest BCUT2D eigenvalue weighted by Gasteiger charge is 2.32. The SMILES string of the molecule is CC[C@H](C)OC(=O)c1[nH]c2c(c1C)C(=O)C[C@@H](c1ccc(N(C)C)cc1)C2. The molecule has 27 heavy (non-hydrogen) atoms. The molecule has 0 unspecified atom stereocenters. The lowest BCUT2D eigenvalue weighted by Gasteiger charge is -2.23. The standard InChI is InChI=1S/C22H28N2O3/c1-6-13(2)27-22(26)21-14(3)20-18(23-21)11-16(12-19(20)25)15-7-9-17(10-8-15)24(4)5/h7-10,13,16,23H,6,11-12H2,1-5H3/t13-,16-/m0/s1. The van der Waals surface area contributed by atoms with Gasteiger partial charge < -0.3 is 14.6 Å². The van der Waals surface area contributed by atoms with E-state index in [1.807, 2.05) is 34.9 Å². The van der Waals surface area contributed by atoms with Crippen molar-refractivity contribution < 1.29 is 14.3 Å². The third-order valence-electron chi connectivity index (χ3n) is 5.46. The summed E-state index contributed by atoms with van der Waals surface area (Å²) in [5, 5.41) is 0. The van der Waals surface area contributed by atoms with Crippen LogP contribution in [0, 0.1) is 6.92 Å². The molecule has 0 spiro atoms. The zero-order valence-corrected chi connectivity index (χ0v) is 16.8. The highest BCUT2D eigenvalue weighted by Crippen LogP contribution is 2.35. The van der Waals surface area contributed by atoms with E-state index < -0.39 is 0 Å². The third-order valence-corrected chi connectivity index (χ3v) is 5.46. The van der Waals surface area contributed by atoms with Crippen LogP contribution in [0.15, 0.2) is 24.3 Å². The predicted molar refractivity (Wildman–Crippen MR) is 107 cm³/mol. The molecule has 0 saturated heterocycles. The van der Waals surface area contributed by atoms with Crippen molar-refractivity contribution in [2.45, 2.75) is 52.1 Å². The number of aromatic nitrogens is 1. The highest BCUT2D eigenvalue weighted by molar-refractivity contribution is 6.03. The van der Waals surface area contributed by atoms with Crippen molar-refractivity contribution in [1.82, 2.24) is 4.98 Å². The van der Waals surface area contributed by atoms with Gasteiger partial charge in [0.1, 0.15) is 5.69 Å². The van der Waals surface area contributed by atoms with Crippen LogP contribution in [-0.2, 0) is 11.2 Å². The summed E-state index contributed by atoms with van der Waals surface area (Å²) in [4.78, 5) is 30.5. The van der Waals surface area contributed by atoms with Gasteiger partial charge in [-0.15, -0.1) is 0 Å². The third kappa shape index (κ3) is 3.77. The molecule has 3 rings (SSSR count). The summed E-state index contributed by atoms with van der Waals surface area (Å²) in [6, 6.07) is 8.33. The maximum Gasteiger partial charge on any atom is 0.355 e. The molecule has 1 heterocycles. The smallest absolute Gasteiger partial charge is 0.355 e. The van der Waals surface area contributed by atoms with Crippen LogP contribution in [0.5, 0.6) is 0 Å². The van der Waals surface area contributed by atoms with Gasteiger partial charge in [0.05, 0.1) is 6.10 Å². The van der Waals surface area contributed by atoms with Gasteiger partial charge >= 0.3 is 5.97 Å². The molecular weight excluding hydrogens is 340 g/mol. The van der Waals surface area contributed by atoms with Crippen LogP contribution in [0.1, 0.15) is 70.3 Å². The van der Waals surface area contributed by atoms with Crippen molar-refractivity contribution in [2.75, 3.05) is 19.0 Å². The van der Waals surface area contributed by atoms with Crippen molar-refractivity contribution in [3.05, 3.63) is 52.3 Å². The summed E-state index contributed by atoms with van der Waals surface area (Å²) in [5.41, 5.74) is 4.93. The number of nitrogens with one attached hydrogen (secondary N) is 1. The maximum atomic E-state index is 12.8. The number of hydrogen-bond acceptors (Lipinski definition) is 4. The van der Waals surface area contributed by atoms with Gasteiger partial charge in [-0.1, -0.05) is 19.1 Å². The minimum absolute atomic E-state index is 0.0919. The normalized spacial score (nSPS) is 17.4. The number of nitrogens with zero attached hydrogens (tertiary/aromatic N) is 1. The van der Waals surface area contributed by atoms with Crippen molar-refractivity contribution in [3.8, 4) is 0 Å². The highest BCUT2D eigenvalue weighted by atomic mass is 16.5. The van der Waals surface area contributed by atoms with E-state index in [1.165, 1.54) is 0 Å². The Kier molecular flexibility index (Phi) is 5.40. The Balaban J connectivity index is 1.86. The van der Waals surface area contributed by atoms with Crippen LogP contribution >= 0.6 is 0 Å². The zero-order chi connectivity index (χ0) is 19.7. The topological polar surface area (TPSA) is 62.4 Å². The molecule has 0 fully saturated rings. The molecule has 144 valence electrons. The second kappa shape index (κ2) is 7.59. The summed E-state index contributed by atoms with van der Waals surface area (Å²) in [5.74, 6) is -0.164. The van der Waals surface area contributed by atoms with E-state index in [1.54, 1.807) is 0 Å². The molecule has 1 aliphatic rings. The number of carbonyl (C=O) groups is 2. The Bertz CT molecular complexity index is 849. The van der Waals surface area contributed by atoms with E-state index in [0.717, 1.165) is 29.8 Å². The van der Waals surface area contributed by atoms with E-state index >= 15 is 0 Å². The van der Waals surface area contributed by atoms with Crippen LogP contribution in [0.4, 0.5) is 5.69 Å². The average Bonchev–Trinajstić information content (AvgIpc) is 2.98. The van der Waals surface area contributed by atoms with Crippen LogP contribution in [0.3, 0.4) is 0 Å². The molecular formula is C22H28N2O3. The number of esters is 1. The van der Waals surface area contributed by atoms with Gasteiger partial charge in [0.15, 0.2) is 5.78 Å². The molecule has 1 N–H and O–H groups in total. The van der Waals surface area contributed by atoms with Gasteiger partial charge in [0.25, 0.3) is 0 Å². The number of fused-ring (bicyclic) bond motifs is 1. The first kappa shape index (κ1) is 19.2.